The first-order chi connectivity index (χ1) is 7.47. The predicted octanol–water partition coefficient (Wildman–Crippen LogP) is 2.83. The molecule has 0 fully saturated rings. The summed E-state index contributed by atoms with van der Waals surface area (Å²) < 4.78 is 19.2. The van der Waals surface area contributed by atoms with Crippen molar-refractivity contribution in [1.29, 1.82) is 5.26 Å². The molecule has 0 aliphatic carbocycles. The van der Waals surface area contributed by atoms with E-state index >= 15 is 0 Å². The van der Waals surface area contributed by atoms with Gasteiger partial charge < -0.3 is 4.55 Å². The van der Waals surface area contributed by atoms with Crippen LogP contribution in [0.3, 0.4) is 0 Å². The number of nitrogens with zero attached hydrogens (tertiary/aromatic N) is 1. The standard InChI is InChI=1S/C10H9Br2NO2S/c11-10(12,7-13)9(16(14)15)6-8-4-2-1-3-5-8/h1-5,9H,6H2,(H,14,15). The molecular formula is C10H9Br2NO2S. The Morgan fingerprint density at radius 2 is 2.00 bits per heavy atom. The maximum atomic E-state index is 11.2. The Morgan fingerprint density at radius 1 is 1.44 bits per heavy atom. The van der Waals surface area contributed by atoms with E-state index in [1.165, 1.54) is 0 Å². The Balaban J connectivity index is 2.91. The number of rotatable bonds is 4. The van der Waals surface area contributed by atoms with Crippen LogP contribution < -0.4 is 0 Å². The molecule has 2 unspecified atom stereocenters. The summed E-state index contributed by atoms with van der Waals surface area (Å²) in [5, 5.41) is 8.17. The van der Waals surface area contributed by atoms with E-state index in [4.69, 9.17) is 5.26 Å². The summed E-state index contributed by atoms with van der Waals surface area (Å²) in [6.45, 7) is 0. The first-order valence-corrected chi connectivity index (χ1v) is 7.15. The molecule has 2 atom stereocenters. The average molecular weight is 367 g/mol. The fourth-order valence-electron chi connectivity index (χ4n) is 1.23. The van der Waals surface area contributed by atoms with Gasteiger partial charge >= 0.3 is 0 Å². The molecule has 0 saturated carbocycles. The van der Waals surface area contributed by atoms with Gasteiger partial charge in [-0.1, -0.05) is 62.2 Å². The number of benzene rings is 1. The van der Waals surface area contributed by atoms with Crippen molar-refractivity contribution in [2.24, 2.45) is 0 Å². The molecule has 0 aliphatic rings. The van der Waals surface area contributed by atoms with Crippen LogP contribution in [0.25, 0.3) is 0 Å². The van der Waals surface area contributed by atoms with Crippen molar-refractivity contribution in [3.63, 3.8) is 0 Å². The SMILES string of the molecule is N#CC(Br)(Br)C(Cc1ccccc1)S(=O)O. The third-order valence-electron chi connectivity index (χ3n) is 2.06. The highest BCUT2D eigenvalue weighted by Gasteiger charge is 2.38. The highest BCUT2D eigenvalue weighted by molar-refractivity contribution is 9.25. The van der Waals surface area contributed by atoms with Gasteiger partial charge in [-0.3, -0.25) is 0 Å². The zero-order valence-corrected chi connectivity index (χ0v) is 12.1. The summed E-state index contributed by atoms with van der Waals surface area (Å²) in [5.41, 5.74) is 0.911. The lowest BCUT2D eigenvalue weighted by Crippen LogP contribution is -2.34. The number of hydrogen-bond acceptors (Lipinski definition) is 2. The molecule has 0 aromatic heterocycles. The molecule has 0 bridgehead atoms. The zero-order chi connectivity index (χ0) is 12.2. The number of alkyl halides is 2. The second-order valence-corrected chi connectivity index (χ2v) is 7.88. The Kier molecular flexibility index (Phi) is 5.12. The maximum Gasteiger partial charge on any atom is 0.183 e. The van der Waals surface area contributed by atoms with Crippen molar-refractivity contribution in [3.8, 4) is 6.07 Å². The van der Waals surface area contributed by atoms with Crippen LogP contribution >= 0.6 is 31.9 Å². The first kappa shape index (κ1) is 13.8. The molecule has 0 aliphatic heterocycles. The second-order valence-electron chi connectivity index (χ2n) is 3.19. The van der Waals surface area contributed by atoms with E-state index in [-0.39, 0.29) is 0 Å². The number of hydrogen-bond donors (Lipinski definition) is 1. The number of halogens is 2. The highest BCUT2D eigenvalue weighted by atomic mass is 79.9. The lowest BCUT2D eigenvalue weighted by molar-refractivity contribution is 0.546. The predicted molar refractivity (Wildman–Crippen MR) is 70.9 cm³/mol. The molecule has 3 nitrogen and oxygen atoms in total. The molecule has 86 valence electrons. The zero-order valence-electron chi connectivity index (χ0n) is 8.14. The van der Waals surface area contributed by atoms with E-state index in [1.54, 1.807) is 0 Å². The van der Waals surface area contributed by atoms with Crippen molar-refractivity contribution < 1.29 is 8.76 Å². The third kappa shape index (κ3) is 3.67. The lowest BCUT2D eigenvalue weighted by atomic mass is 10.1. The Labute approximate surface area is 113 Å². The van der Waals surface area contributed by atoms with Gasteiger partial charge in [-0.25, -0.2) is 4.21 Å². The van der Waals surface area contributed by atoms with Gasteiger partial charge in [0, 0.05) is 0 Å². The summed E-state index contributed by atoms with van der Waals surface area (Å²) in [6.07, 6.45) is 0.341. The molecule has 0 amide bonds. The van der Waals surface area contributed by atoms with Crippen molar-refractivity contribution >= 4 is 42.9 Å². The van der Waals surface area contributed by atoms with E-state index in [9.17, 15) is 8.76 Å². The number of nitriles is 1. The summed E-state index contributed by atoms with van der Waals surface area (Å²) in [5.74, 6) is 0. The van der Waals surface area contributed by atoms with Gasteiger partial charge in [-0.05, 0) is 12.0 Å². The van der Waals surface area contributed by atoms with Crippen LogP contribution in [0.5, 0.6) is 0 Å². The van der Waals surface area contributed by atoms with Crippen LogP contribution in [-0.4, -0.2) is 17.2 Å². The van der Waals surface area contributed by atoms with Crippen molar-refractivity contribution in [3.05, 3.63) is 35.9 Å². The van der Waals surface area contributed by atoms with E-state index in [1.807, 2.05) is 36.4 Å². The van der Waals surface area contributed by atoms with Gasteiger partial charge in [0.1, 0.15) is 5.25 Å². The molecule has 0 saturated heterocycles. The minimum absolute atomic E-state index is 0.341. The molecule has 0 radical (unpaired) electrons. The summed E-state index contributed by atoms with van der Waals surface area (Å²) in [7, 11) is 0. The van der Waals surface area contributed by atoms with E-state index in [0.717, 1.165) is 5.56 Å². The molecule has 0 spiro atoms. The molecule has 6 heteroatoms. The molecule has 1 N–H and O–H groups in total. The first-order valence-electron chi connectivity index (χ1n) is 4.40. The smallest absolute Gasteiger partial charge is 0.183 e. The van der Waals surface area contributed by atoms with Gasteiger partial charge in [-0.15, -0.1) is 0 Å². The van der Waals surface area contributed by atoms with E-state index < -0.39 is 19.6 Å². The van der Waals surface area contributed by atoms with Crippen LogP contribution in [0.2, 0.25) is 0 Å². The Hall–Kier alpha value is -0.220. The van der Waals surface area contributed by atoms with E-state index in [0.29, 0.717) is 6.42 Å². The Bertz CT molecular complexity index is 417. The molecule has 0 heterocycles. The van der Waals surface area contributed by atoms with Crippen molar-refractivity contribution in [2.75, 3.05) is 0 Å². The van der Waals surface area contributed by atoms with Crippen molar-refractivity contribution in [1.82, 2.24) is 0 Å². The maximum absolute atomic E-state index is 11.2. The van der Waals surface area contributed by atoms with Crippen LogP contribution in [0, 0.1) is 11.3 Å². The van der Waals surface area contributed by atoms with Gasteiger partial charge in [0.25, 0.3) is 0 Å². The summed E-state index contributed by atoms with van der Waals surface area (Å²) in [6, 6.07) is 11.2. The van der Waals surface area contributed by atoms with Gasteiger partial charge in [0.05, 0.1) is 6.07 Å². The van der Waals surface area contributed by atoms with E-state index in [2.05, 4.69) is 31.9 Å². The monoisotopic (exact) mass is 365 g/mol. The minimum Gasteiger partial charge on any atom is -0.306 e. The summed E-state index contributed by atoms with van der Waals surface area (Å²) in [4.78, 5) is 0. The molecular weight excluding hydrogens is 358 g/mol. The minimum atomic E-state index is -2.09. The fraction of sp³-hybridized carbons (Fsp3) is 0.300. The fourth-order valence-corrected chi connectivity index (χ4v) is 3.15. The van der Waals surface area contributed by atoms with Crippen LogP contribution in [0.1, 0.15) is 5.56 Å². The molecule has 1 aromatic rings. The third-order valence-corrected chi connectivity index (χ3v) is 5.13. The second kappa shape index (κ2) is 5.92. The normalized spacial score (nSPS) is 15.1. The summed E-state index contributed by atoms with van der Waals surface area (Å²) >= 11 is 4.13. The largest absolute Gasteiger partial charge is 0.306 e. The average Bonchev–Trinajstić information content (AvgIpc) is 2.26. The van der Waals surface area contributed by atoms with Gasteiger partial charge in [-0.2, -0.15) is 5.26 Å². The topological polar surface area (TPSA) is 61.1 Å². The van der Waals surface area contributed by atoms with Crippen LogP contribution in [0.15, 0.2) is 30.3 Å². The molecule has 1 aromatic carbocycles. The highest BCUT2D eigenvalue weighted by Crippen LogP contribution is 2.34. The van der Waals surface area contributed by atoms with Gasteiger partial charge in [0.15, 0.2) is 14.3 Å². The van der Waals surface area contributed by atoms with Gasteiger partial charge in [0.2, 0.25) is 0 Å². The van der Waals surface area contributed by atoms with Crippen LogP contribution in [0.4, 0.5) is 0 Å². The van der Waals surface area contributed by atoms with Crippen molar-refractivity contribution in [2.45, 2.75) is 14.9 Å². The molecule has 1 rings (SSSR count). The quantitative estimate of drug-likeness (QED) is 0.658. The Morgan fingerprint density at radius 3 is 2.44 bits per heavy atom. The molecule has 16 heavy (non-hydrogen) atoms. The van der Waals surface area contributed by atoms with Crippen LogP contribution in [-0.2, 0) is 17.5 Å². The lowest BCUT2D eigenvalue weighted by Gasteiger charge is -2.21.